The monoisotopic (exact) mass is 556 g/mol. The predicted octanol–water partition coefficient (Wildman–Crippen LogP) is 5.50. The van der Waals surface area contributed by atoms with Crippen LogP contribution < -0.4 is 19.7 Å². The zero-order chi connectivity index (χ0) is 26.7. The number of likely N-dealkylation sites (N-methyl/N-ethyl adjacent to an activating group) is 1. The van der Waals surface area contributed by atoms with Crippen LogP contribution in [0.2, 0.25) is 0 Å². The summed E-state index contributed by atoms with van der Waals surface area (Å²) in [5.41, 5.74) is 3.61. The summed E-state index contributed by atoms with van der Waals surface area (Å²) in [4.78, 5) is 25.6. The van der Waals surface area contributed by atoms with Crippen molar-refractivity contribution in [3.63, 3.8) is 0 Å². The number of benzene rings is 2. The first-order chi connectivity index (χ1) is 17.6. The van der Waals surface area contributed by atoms with Crippen molar-refractivity contribution in [3.05, 3.63) is 52.6 Å². The van der Waals surface area contributed by atoms with E-state index >= 15 is 0 Å². The maximum Gasteiger partial charge on any atom is 0.573 e. The fourth-order valence-corrected chi connectivity index (χ4v) is 5.31. The Morgan fingerprint density at radius 3 is 2.50 bits per heavy atom. The van der Waals surface area contributed by atoms with Crippen molar-refractivity contribution < 1.29 is 37.3 Å². The fourth-order valence-electron chi connectivity index (χ4n) is 5.31. The van der Waals surface area contributed by atoms with Crippen molar-refractivity contribution in [1.29, 1.82) is 0 Å². The number of rotatable bonds is 9. The summed E-state index contributed by atoms with van der Waals surface area (Å²) in [5, 5.41) is 11.9. The molecule has 0 unspecified atom stereocenters. The molecule has 7 nitrogen and oxygen atoms in total. The van der Waals surface area contributed by atoms with Gasteiger partial charge in [-0.1, -0.05) is 25.0 Å². The molecule has 0 bridgehead atoms. The number of halogens is 4. The molecule has 11 heteroatoms. The molecule has 1 aliphatic carbocycles. The van der Waals surface area contributed by atoms with Crippen LogP contribution in [0.1, 0.15) is 60.3 Å². The summed E-state index contributed by atoms with van der Waals surface area (Å²) < 4.78 is 49.6. The standard InChI is InChI=1S/C27H31F3N2O5.ClH/c1-16-19-11-12-32(26(35)21(31-2)14-25(33)34)22(19)9-10-23(16)36-15-17-7-8-20(18-5-3-4-6-18)24(13-17)37-27(28,29)30;/h7-10,13,18,21,31H,3-6,11-12,14-15H2,1-2H3,(H,33,34);1H/t21-;/m1./s1. The zero-order valence-corrected chi connectivity index (χ0v) is 22.1. The topological polar surface area (TPSA) is 88.1 Å². The molecule has 0 spiro atoms. The van der Waals surface area contributed by atoms with Gasteiger partial charge in [0.25, 0.3) is 0 Å². The van der Waals surface area contributed by atoms with E-state index in [0.29, 0.717) is 35.5 Å². The van der Waals surface area contributed by atoms with Crippen LogP contribution in [0.3, 0.4) is 0 Å². The SMILES string of the molecule is CN[C@H](CC(=O)O)C(=O)N1CCc2c1ccc(OCc1ccc(C3CCCC3)c(OC(F)(F)F)c1)c2C.Cl. The Hall–Kier alpha value is -2.98. The van der Waals surface area contributed by atoms with Crippen molar-refractivity contribution in [2.45, 2.75) is 70.4 Å². The molecule has 38 heavy (non-hydrogen) atoms. The van der Waals surface area contributed by atoms with Gasteiger partial charge in [0.2, 0.25) is 5.91 Å². The van der Waals surface area contributed by atoms with E-state index in [9.17, 15) is 22.8 Å². The molecule has 1 heterocycles. The summed E-state index contributed by atoms with van der Waals surface area (Å²) in [6.07, 6.45) is -0.808. The molecule has 1 fully saturated rings. The molecule has 2 aromatic carbocycles. The molecular formula is C27H32ClF3N2O5. The zero-order valence-electron chi connectivity index (χ0n) is 21.3. The second-order valence-corrected chi connectivity index (χ2v) is 9.56. The molecule has 1 aliphatic heterocycles. The number of carboxylic acids is 1. The number of nitrogens with one attached hydrogen (secondary N) is 1. The average Bonchev–Trinajstić information content (AvgIpc) is 3.51. The summed E-state index contributed by atoms with van der Waals surface area (Å²) in [6.45, 7) is 2.36. The number of anilines is 1. The van der Waals surface area contributed by atoms with Crippen LogP contribution in [0.5, 0.6) is 11.5 Å². The number of hydrogen-bond acceptors (Lipinski definition) is 5. The summed E-state index contributed by atoms with van der Waals surface area (Å²) >= 11 is 0. The quantitative estimate of drug-likeness (QED) is 0.424. The average molecular weight is 557 g/mol. The molecule has 0 saturated heterocycles. The van der Waals surface area contributed by atoms with Crippen LogP contribution in [-0.2, 0) is 22.6 Å². The Labute approximate surface area is 225 Å². The molecule has 1 amide bonds. The van der Waals surface area contributed by atoms with Gasteiger partial charge in [-0.15, -0.1) is 25.6 Å². The van der Waals surface area contributed by atoms with Gasteiger partial charge >= 0.3 is 12.3 Å². The van der Waals surface area contributed by atoms with Crippen LogP contribution in [0.4, 0.5) is 18.9 Å². The Balaban J connectivity index is 0.00000400. The third kappa shape index (κ3) is 6.71. The Morgan fingerprint density at radius 2 is 1.87 bits per heavy atom. The van der Waals surface area contributed by atoms with E-state index in [1.165, 1.54) is 6.07 Å². The van der Waals surface area contributed by atoms with Gasteiger partial charge in [-0.2, -0.15) is 0 Å². The lowest BCUT2D eigenvalue weighted by Gasteiger charge is -2.23. The van der Waals surface area contributed by atoms with Gasteiger partial charge < -0.3 is 24.8 Å². The second kappa shape index (κ2) is 12.3. The summed E-state index contributed by atoms with van der Waals surface area (Å²) in [5.74, 6) is -0.902. The van der Waals surface area contributed by atoms with E-state index < -0.39 is 18.4 Å². The lowest BCUT2D eigenvalue weighted by Crippen LogP contribution is -2.45. The maximum absolute atomic E-state index is 13.1. The van der Waals surface area contributed by atoms with Crippen molar-refractivity contribution in [3.8, 4) is 11.5 Å². The minimum atomic E-state index is -4.77. The number of ether oxygens (including phenoxy) is 2. The van der Waals surface area contributed by atoms with Crippen LogP contribution in [0.25, 0.3) is 0 Å². The van der Waals surface area contributed by atoms with Gasteiger partial charge in [-0.25, -0.2) is 0 Å². The van der Waals surface area contributed by atoms with E-state index in [2.05, 4.69) is 10.1 Å². The highest BCUT2D eigenvalue weighted by atomic mass is 35.5. The third-order valence-corrected chi connectivity index (χ3v) is 7.18. The lowest BCUT2D eigenvalue weighted by molar-refractivity contribution is -0.275. The second-order valence-electron chi connectivity index (χ2n) is 9.56. The number of hydrogen-bond donors (Lipinski definition) is 2. The van der Waals surface area contributed by atoms with E-state index in [1.54, 1.807) is 36.2 Å². The number of carbonyl (C=O) groups excluding carboxylic acids is 1. The van der Waals surface area contributed by atoms with Gasteiger partial charge in [0, 0.05) is 12.2 Å². The molecular weight excluding hydrogens is 525 g/mol. The van der Waals surface area contributed by atoms with Gasteiger partial charge in [0.1, 0.15) is 18.1 Å². The first-order valence-corrected chi connectivity index (χ1v) is 12.4. The molecule has 2 N–H and O–H groups in total. The van der Waals surface area contributed by atoms with Gasteiger partial charge in [0.05, 0.1) is 12.5 Å². The van der Waals surface area contributed by atoms with E-state index in [0.717, 1.165) is 36.8 Å². The molecule has 0 aromatic heterocycles. The summed E-state index contributed by atoms with van der Waals surface area (Å²) in [6, 6.07) is 7.55. The number of alkyl halides is 3. The van der Waals surface area contributed by atoms with Crippen LogP contribution in [0, 0.1) is 6.92 Å². The van der Waals surface area contributed by atoms with Crippen LogP contribution >= 0.6 is 12.4 Å². The number of carboxylic acid groups (broad SMARTS) is 1. The largest absolute Gasteiger partial charge is 0.573 e. The fraction of sp³-hybridized carbons (Fsp3) is 0.481. The van der Waals surface area contributed by atoms with Crippen molar-refractivity contribution in [1.82, 2.24) is 5.32 Å². The molecule has 2 aromatic rings. The van der Waals surface area contributed by atoms with E-state index in [-0.39, 0.29) is 43.0 Å². The van der Waals surface area contributed by atoms with Crippen LogP contribution in [0.15, 0.2) is 30.3 Å². The normalized spacial score (nSPS) is 16.1. The van der Waals surface area contributed by atoms with Gasteiger partial charge in [0.15, 0.2) is 0 Å². The molecule has 1 atom stereocenters. The number of amides is 1. The maximum atomic E-state index is 13.1. The molecule has 208 valence electrons. The molecule has 2 aliphatic rings. The van der Waals surface area contributed by atoms with Crippen LogP contribution in [-0.4, -0.2) is 43.0 Å². The highest BCUT2D eigenvalue weighted by Gasteiger charge is 2.34. The van der Waals surface area contributed by atoms with Gasteiger partial charge in [-0.05, 0) is 79.6 Å². The number of nitrogens with zero attached hydrogens (tertiary/aromatic N) is 1. The van der Waals surface area contributed by atoms with E-state index in [1.807, 2.05) is 6.92 Å². The molecule has 4 rings (SSSR count). The number of fused-ring (bicyclic) bond motifs is 1. The first kappa shape index (κ1) is 29.6. The summed E-state index contributed by atoms with van der Waals surface area (Å²) in [7, 11) is 1.55. The third-order valence-electron chi connectivity index (χ3n) is 7.18. The number of carbonyl (C=O) groups is 2. The van der Waals surface area contributed by atoms with Crippen molar-refractivity contribution >= 4 is 30.0 Å². The molecule has 1 saturated carbocycles. The Morgan fingerprint density at radius 1 is 1.16 bits per heavy atom. The minimum Gasteiger partial charge on any atom is -0.489 e. The van der Waals surface area contributed by atoms with Crippen molar-refractivity contribution in [2.24, 2.45) is 0 Å². The first-order valence-electron chi connectivity index (χ1n) is 12.4. The number of aliphatic carboxylic acids is 1. The smallest absolute Gasteiger partial charge is 0.489 e. The molecule has 0 radical (unpaired) electrons. The Bertz CT molecular complexity index is 1170. The predicted molar refractivity (Wildman–Crippen MR) is 138 cm³/mol. The highest BCUT2D eigenvalue weighted by molar-refractivity contribution is 6.00. The lowest BCUT2D eigenvalue weighted by atomic mass is 9.95. The van der Waals surface area contributed by atoms with Gasteiger partial charge in [-0.3, -0.25) is 9.59 Å². The minimum absolute atomic E-state index is 0. The van der Waals surface area contributed by atoms with Crippen molar-refractivity contribution in [2.75, 3.05) is 18.5 Å². The highest BCUT2D eigenvalue weighted by Crippen LogP contribution is 2.41. The van der Waals surface area contributed by atoms with E-state index in [4.69, 9.17) is 9.84 Å². The Kier molecular flexibility index (Phi) is 9.54.